The van der Waals surface area contributed by atoms with Crippen LogP contribution in [-0.2, 0) is 19.1 Å². The van der Waals surface area contributed by atoms with Crippen LogP contribution in [0.3, 0.4) is 0 Å². The van der Waals surface area contributed by atoms with Gasteiger partial charge in [-0.3, -0.25) is 0 Å². The molecule has 0 saturated carbocycles. The molecule has 0 N–H and O–H groups in total. The first-order chi connectivity index (χ1) is 9.06. The lowest BCUT2D eigenvalue weighted by atomic mass is 10.1. The van der Waals surface area contributed by atoms with Crippen molar-refractivity contribution in [1.82, 2.24) is 0 Å². The molecular formula is C14H13BrO4. The predicted molar refractivity (Wildman–Crippen MR) is 73.4 cm³/mol. The molecule has 1 aromatic rings. The van der Waals surface area contributed by atoms with Crippen LogP contribution >= 0.6 is 15.9 Å². The fourth-order valence-corrected chi connectivity index (χ4v) is 2.31. The summed E-state index contributed by atoms with van der Waals surface area (Å²) < 4.78 is 10.6. The van der Waals surface area contributed by atoms with Gasteiger partial charge < -0.3 is 9.47 Å². The zero-order valence-electron chi connectivity index (χ0n) is 10.4. The summed E-state index contributed by atoms with van der Waals surface area (Å²) in [4.78, 5) is 22.7. The normalized spacial score (nSPS) is 18.6. The molecular weight excluding hydrogens is 312 g/mol. The Labute approximate surface area is 119 Å². The third kappa shape index (κ3) is 3.67. The number of hydrogen-bond donors (Lipinski definition) is 0. The van der Waals surface area contributed by atoms with Gasteiger partial charge in [-0.1, -0.05) is 28.1 Å². The van der Waals surface area contributed by atoms with Crippen molar-refractivity contribution < 1.29 is 19.1 Å². The molecule has 1 aliphatic rings. The Morgan fingerprint density at radius 3 is 2.95 bits per heavy atom. The zero-order chi connectivity index (χ0) is 13.8. The molecule has 1 atom stereocenters. The highest BCUT2D eigenvalue weighted by atomic mass is 79.9. The van der Waals surface area contributed by atoms with Gasteiger partial charge in [-0.2, -0.15) is 0 Å². The third-order valence-electron chi connectivity index (χ3n) is 2.70. The number of carbonyl (C=O) groups excluding carboxylic acids is 2. The molecule has 0 aromatic heterocycles. The fraction of sp³-hybridized carbons (Fsp3) is 0.286. The Morgan fingerprint density at radius 1 is 1.53 bits per heavy atom. The number of ether oxygens (including phenoxy) is 2. The Bertz CT molecular complexity index is 536. The highest BCUT2D eigenvalue weighted by molar-refractivity contribution is 9.10. The number of hydrogen-bond acceptors (Lipinski definition) is 4. The second kappa shape index (κ2) is 6.02. The minimum Gasteiger partial charge on any atom is -0.463 e. The Hall–Kier alpha value is -1.62. The topological polar surface area (TPSA) is 52.6 Å². The van der Waals surface area contributed by atoms with Crippen molar-refractivity contribution in [3.05, 3.63) is 39.9 Å². The van der Waals surface area contributed by atoms with E-state index >= 15 is 0 Å². The molecule has 2 rings (SSSR count). The number of benzene rings is 1. The smallest absolute Gasteiger partial charge is 0.347 e. The van der Waals surface area contributed by atoms with Gasteiger partial charge in [0.2, 0.25) is 6.10 Å². The number of esters is 2. The van der Waals surface area contributed by atoms with Crippen LogP contribution in [0.2, 0.25) is 0 Å². The van der Waals surface area contributed by atoms with Crippen molar-refractivity contribution in [3.63, 3.8) is 0 Å². The maximum Gasteiger partial charge on any atom is 0.347 e. The monoisotopic (exact) mass is 324 g/mol. The molecule has 0 spiro atoms. The van der Waals surface area contributed by atoms with Gasteiger partial charge in [0.15, 0.2) is 0 Å². The molecule has 1 aromatic carbocycles. The zero-order valence-corrected chi connectivity index (χ0v) is 12.0. The summed E-state index contributed by atoms with van der Waals surface area (Å²) in [7, 11) is 0. The van der Waals surface area contributed by atoms with Crippen LogP contribution < -0.4 is 0 Å². The molecule has 0 unspecified atom stereocenters. The van der Waals surface area contributed by atoms with Crippen molar-refractivity contribution in [3.8, 4) is 0 Å². The van der Waals surface area contributed by atoms with Crippen molar-refractivity contribution in [2.24, 2.45) is 0 Å². The first-order valence-corrected chi connectivity index (χ1v) is 6.67. The fourth-order valence-electron chi connectivity index (χ4n) is 1.69. The summed E-state index contributed by atoms with van der Waals surface area (Å²) in [6, 6.07) is 5.80. The van der Waals surface area contributed by atoms with Gasteiger partial charge in [0.25, 0.3) is 0 Å². The summed E-state index contributed by atoms with van der Waals surface area (Å²) in [5, 5.41) is 0. The van der Waals surface area contributed by atoms with E-state index in [0.29, 0.717) is 13.0 Å². The van der Waals surface area contributed by atoms with E-state index in [1.54, 1.807) is 6.08 Å². The van der Waals surface area contributed by atoms with Crippen molar-refractivity contribution in [2.75, 3.05) is 6.61 Å². The SMILES string of the molecule is Cc1ccc(/C=C/C(=O)O[C@H]2CCOC2=O)c(Br)c1. The van der Waals surface area contributed by atoms with Crippen LogP contribution in [0.25, 0.3) is 6.08 Å². The molecule has 5 heteroatoms. The van der Waals surface area contributed by atoms with Gasteiger partial charge in [0.05, 0.1) is 6.61 Å². The third-order valence-corrected chi connectivity index (χ3v) is 3.39. The number of rotatable bonds is 3. The molecule has 1 aliphatic heterocycles. The van der Waals surface area contributed by atoms with Crippen LogP contribution in [-0.4, -0.2) is 24.6 Å². The summed E-state index contributed by atoms with van der Waals surface area (Å²) in [6.45, 7) is 2.29. The van der Waals surface area contributed by atoms with E-state index in [0.717, 1.165) is 15.6 Å². The van der Waals surface area contributed by atoms with E-state index in [4.69, 9.17) is 9.47 Å². The standard InChI is InChI=1S/C14H13BrO4/c1-9-2-3-10(11(15)8-9)4-5-13(16)19-12-6-7-18-14(12)17/h2-5,8,12H,6-7H2,1H3/b5-4+/t12-/m0/s1. The lowest BCUT2D eigenvalue weighted by Gasteiger charge is -2.05. The number of carbonyl (C=O) groups is 2. The molecule has 0 bridgehead atoms. The molecule has 1 saturated heterocycles. The lowest BCUT2D eigenvalue weighted by molar-refractivity contribution is -0.156. The van der Waals surface area contributed by atoms with E-state index in [-0.39, 0.29) is 0 Å². The minimum atomic E-state index is -0.765. The van der Waals surface area contributed by atoms with Crippen LogP contribution in [0.15, 0.2) is 28.7 Å². The predicted octanol–water partition coefficient (Wildman–Crippen LogP) is 2.63. The van der Waals surface area contributed by atoms with Gasteiger partial charge in [-0.05, 0) is 30.2 Å². The van der Waals surface area contributed by atoms with E-state index in [1.807, 2.05) is 25.1 Å². The molecule has 0 amide bonds. The number of aryl methyl sites for hydroxylation is 1. The summed E-state index contributed by atoms with van der Waals surface area (Å²) in [5.74, 6) is -1.02. The lowest BCUT2D eigenvalue weighted by Crippen LogP contribution is -2.21. The van der Waals surface area contributed by atoms with Crippen molar-refractivity contribution in [1.29, 1.82) is 0 Å². The Balaban J connectivity index is 1.98. The van der Waals surface area contributed by atoms with Gasteiger partial charge in [0, 0.05) is 17.0 Å². The molecule has 1 fully saturated rings. The van der Waals surface area contributed by atoms with Crippen LogP contribution in [0.5, 0.6) is 0 Å². The van der Waals surface area contributed by atoms with Crippen molar-refractivity contribution in [2.45, 2.75) is 19.4 Å². The van der Waals surface area contributed by atoms with Gasteiger partial charge in [-0.15, -0.1) is 0 Å². The van der Waals surface area contributed by atoms with Crippen LogP contribution in [0, 0.1) is 6.92 Å². The van der Waals surface area contributed by atoms with E-state index < -0.39 is 18.0 Å². The second-order valence-corrected chi connectivity index (χ2v) is 5.09. The second-order valence-electron chi connectivity index (χ2n) is 4.24. The largest absolute Gasteiger partial charge is 0.463 e. The van der Waals surface area contributed by atoms with Gasteiger partial charge in [0.1, 0.15) is 0 Å². The summed E-state index contributed by atoms with van der Waals surface area (Å²) in [5.41, 5.74) is 2.00. The highest BCUT2D eigenvalue weighted by Crippen LogP contribution is 2.19. The average molecular weight is 325 g/mol. The number of cyclic esters (lactones) is 1. The average Bonchev–Trinajstić information content (AvgIpc) is 2.74. The first kappa shape index (κ1) is 13.8. The number of halogens is 1. The van der Waals surface area contributed by atoms with Gasteiger partial charge in [-0.25, -0.2) is 9.59 Å². The molecule has 0 radical (unpaired) electrons. The van der Waals surface area contributed by atoms with E-state index in [9.17, 15) is 9.59 Å². The van der Waals surface area contributed by atoms with Crippen molar-refractivity contribution >= 4 is 33.9 Å². The Kier molecular flexibility index (Phi) is 4.37. The molecule has 19 heavy (non-hydrogen) atoms. The Morgan fingerprint density at radius 2 is 2.32 bits per heavy atom. The summed E-state index contributed by atoms with van der Waals surface area (Å²) >= 11 is 3.42. The van der Waals surface area contributed by atoms with Gasteiger partial charge >= 0.3 is 11.9 Å². The van der Waals surface area contributed by atoms with Crippen LogP contribution in [0.4, 0.5) is 0 Å². The maximum absolute atomic E-state index is 11.6. The summed E-state index contributed by atoms with van der Waals surface area (Å²) in [6.07, 6.45) is 2.61. The minimum absolute atomic E-state index is 0.310. The molecule has 100 valence electrons. The molecule has 1 heterocycles. The quantitative estimate of drug-likeness (QED) is 0.633. The first-order valence-electron chi connectivity index (χ1n) is 5.88. The van der Waals surface area contributed by atoms with E-state index in [1.165, 1.54) is 6.08 Å². The highest BCUT2D eigenvalue weighted by Gasteiger charge is 2.29. The molecule has 0 aliphatic carbocycles. The van der Waals surface area contributed by atoms with E-state index in [2.05, 4.69) is 15.9 Å². The van der Waals surface area contributed by atoms with Crippen LogP contribution in [0.1, 0.15) is 17.5 Å². The maximum atomic E-state index is 11.6. The molecule has 4 nitrogen and oxygen atoms in total.